The zero-order valence-electron chi connectivity index (χ0n) is 14.8. The van der Waals surface area contributed by atoms with E-state index >= 15 is 0 Å². The molecule has 0 unspecified atom stereocenters. The molecule has 4 rings (SSSR count). The minimum absolute atomic E-state index is 0.0235. The van der Waals surface area contributed by atoms with Crippen LogP contribution in [0.15, 0.2) is 88.2 Å². The number of benzene rings is 2. The van der Waals surface area contributed by atoms with Crippen molar-refractivity contribution in [1.82, 2.24) is 10.3 Å². The number of fused-ring (bicyclic) bond motifs is 1. The van der Waals surface area contributed by atoms with Crippen LogP contribution >= 0.6 is 0 Å². The zero-order valence-corrected chi connectivity index (χ0v) is 14.8. The highest BCUT2D eigenvalue weighted by molar-refractivity contribution is 5.93. The average molecular weight is 372 g/mol. The first-order chi connectivity index (χ1) is 13.7. The largest absolute Gasteiger partial charge is 0.451 e. The standard InChI is InChI=1S/C22H16N2O4/c25-18-13-20(28-19-9-2-1-8-17(18)19)22(26)24-14-15-6-5-7-16(12-15)27-21-10-3-4-11-23-21/h1-13H,14H2,(H,24,26). The van der Waals surface area contributed by atoms with Gasteiger partial charge in [0.2, 0.25) is 5.88 Å². The number of hydrogen-bond donors (Lipinski definition) is 1. The predicted molar refractivity (Wildman–Crippen MR) is 104 cm³/mol. The van der Waals surface area contributed by atoms with Crippen LogP contribution in [0.4, 0.5) is 0 Å². The molecule has 0 spiro atoms. The first-order valence-electron chi connectivity index (χ1n) is 8.68. The van der Waals surface area contributed by atoms with E-state index in [1.165, 1.54) is 6.07 Å². The van der Waals surface area contributed by atoms with Crippen LogP contribution in [0.25, 0.3) is 11.0 Å². The number of pyridine rings is 1. The van der Waals surface area contributed by atoms with E-state index in [9.17, 15) is 9.59 Å². The Balaban J connectivity index is 1.46. The number of nitrogens with one attached hydrogen (secondary N) is 1. The summed E-state index contributed by atoms with van der Waals surface area (Å²) < 4.78 is 11.2. The molecule has 1 amide bonds. The second-order valence-corrected chi connectivity index (χ2v) is 6.07. The van der Waals surface area contributed by atoms with Gasteiger partial charge in [-0.2, -0.15) is 0 Å². The number of amides is 1. The van der Waals surface area contributed by atoms with Crippen LogP contribution in [0.3, 0.4) is 0 Å². The van der Waals surface area contributed by atoms with E-state index in [0.717, 1.165) is 5.56 Å². The molecule has 4 aromatic rings. The van der Waals surface area contributed by atoms with Crippen molar-refractivity contribution < 1.29 is 13.9 Å². The summed E-state index contributed by atoms with van der Waals surface area (Å²) in [5, 5.41) is 3.20. The van der Waals surface area contributed by atoms with Crippen LogP contribution in [-0.2, 0) is 6.54 Å². The molecule has 0 saturated heterocycles. The number of carbonyl (C=O) groups is 1. The summed E-state index contributed by atoms with van der Waals surface area (Å²) in [6.45, 7) is 0.259. The fraction of sp³-hybridized carbons (Fsp3) is 0.0455. The molecule has 2 heterocycles. The molecular formula is C22H16N2O4. The molecule has 0 bridgehead atoms. The Morgan fingerprint density at radius 3 is 2.71 bits per heavy atom. The maximum absolute atomic E-state index is 12.4. The van der Waals surface area contributed by atoms with Crippen molar-refractivity contribution in [1.29, 1.82) is 0 Å². The Hall–Kier alpha value is -3.93. The lowest BCUT2D eigenvalue weighted by Gasteiger charge is -2.08. The summed E-state index contributed by atoms with van der Waals surface area (Å²) in [5.74, 6) is 0.618. The van der Waals surface area contributed by atoms with E-state index in [2.05, 4.69) is 10.3 Å². The summed E-state index contributed by atoms with van der Waals surface area (Å²) >= 11 is 0. The maximum Gasteiger partial charge on any atom is 0.287 e. The zero-order chi connectivity index (χ0) is 19.3. The lowest BCUT2D eigenvalue weighted by molar-refractivity contribution is 0.0923. The summed E-state index contributed by atoms with van der Waals surface area (Å²) in [6, 6.07) is 20.7. The molecule has 2 aromatic carbocycles. The van der Waals surface area contributed by atoms with Crippen LogP contribution in [-0.4, -0.2) is 10.9 Å². The number of nitrogens with zero attached hydrogens (tertiary/aromatic N) is 1. The van der Waals surface area contributed by atoms with Crippen LogP contribution in [0.2, 0.25) is 0 Å². The highest BCUT2D eigenvalue weighted by Crippen LogP contribution is 2.20. The fourth-order valence-electron chi connectivity index (χ4n) is 2.73. The lowest BCUT2D eigenvalue weighted by Crippen LogP contribution is -2.24. The smallest absolute Gasteiger partial charge is 0.287 e. The van der Waals surface area contributed by atoms with Crippen LogP contribution in [0, 0.1) is 0 Å². The highest BCUT2D eigenvalue weighted by atomic mass is 16.5. The summed E-state index contributed by atoms with van der Waals surface area (Å²) in [7, 11) is 0. The van der Waals surface area contributed by atoms with Gasteiger partial charge in [0.15, 0.2) is 11.2 Å². The predicted octanol–water partition coefficient (Wildman–Crippen LogP) is 3.91. The first kappa shape index (κ1) is 17.5. The van der Waals surface area contributed by atoms with Gasteiger partial charge in [-0.1, -0.05) is 30.3 Å². The molecular weight excluding hydrogens is 356 g/mol. The third-order valence-electron chi connectivity index (χ3n) is 4.07. The summed E-state index contributed by atoms with van der Waals surface area (Å²) in [6.07, 6.45) is 1.65. The Labute approximate surface area is 160 Å². The topological polar surface area (TPSA) is 81.4 Å². The third kappa shape index (κ3) is 3.91. The van der Waals surface area contributed by atoms with Gasteiger partial charge >= 0.3 is 0 Å². The van der Waals surface area contributed by atoms with Crippen molar-refractivity contribution in [3.63, 3.8) is 0 Å². The van der Waals surface area contributed by atoms with E-state index in [1.54, 1.807) is 36.5 Å². The molecule has 0 aliphatic carbocycles. The minimum Gasteiger partial charge on any atom is -0.451 e. The van der Waals surface area contributed by atoms with Crippen molar-refractivity contribution in [2.24, 2.45) is 0 Å². The molecule has 0 saturated carbocycles. The van der Waals surface area contributed by atoms with Crippen molar-refractivity contribution in [3.05, 3.63) is 101 Å². The Morgan fingerprint density at radius 1 is 1.00 bits per heavy atom. The minimum atomic E-state index is -0.459. The molecule has 0 aliphatic heterocycles. The van der Waals surface area contributed by atoms with Gasteiger partial charge in [-0.3, -0.25) is 9.59 Å². The molecule has 0 aliphatic rings. The van der Waals surface area contributed by atoms with Gasteiger partial charge in [0, 0.05) is 24.9 Å². The summed E-state index contributed by atoms with van der Waals surface area (Å²) in [5.41, 5.74) is 0.966. The monoisotopic (exact) mass is 372 g/mol. The van der Waals surface area contributed by atoms with Crippen LogP contribution < -0.4 is 15.5 Å². The number of para-hydroxylation sites is 1. The number of rotatable bonds is 5. The van der Waals surface area contributed by atoms with Gasteiger partial charge in [-0.05, 0) is 35.9 Å². The van der Waals surface area contributed by atoms with Crippen molar-refractivity contribution in [2.75, 3.05) is 0 Å². The number of hydrogen-bond acceptors (Lipinski definition) is 5. The fourth-order valence-corrected chi connectivity index (χ4v) is 2.73. The number of aromatic nitrogens is 1. The highest BCUT2D eigenvalue weighted by Gasteiger charge is 2.12. The maximum atomic E-state index is 12.4. The molecule has 138 valence electrons. The Kier molecular flexibility index (Phi) is 4.84. The van der Waals surface area contributed by atoms with Crippen molar-refractivity contribution in [3.8, 4) is 11.6 Å². The molecule has 6 heteroatoms. The average Bonchev–Trinajstić information content (AvgIpc) is 2.73. The van der Waals surface area contributed by atoms with Crippen LogP contribution in [0.5, 0.6) is 11.6 Å². The van der Waals surface area contributed by atoms with Gasteiger partial charge in [0.1, 0.15) is 11.3 Å². The second kappa shape index (κ2) is 7.75. The molecule has 0 fully saturated rings. The molecule has 2 aromatic heterocycles. The van der Waals surface area contributed by atoms with E-state index in [4.69, 9.17) is 9.15 Å². The van der Waals surface area contributed by atoms with Gasteiger partial charge in [-0.15, -0.1) is 0 Å². The van der Waals surface area contributed by atoms with Gasteiger partial charge in [0.25, 0.3) is 5.91 Å². The molecule has 0 radical (unpaired) electrons. The van der Waals surface area contributed by atoms with Crippen molar-refractivity contribution in [2.45, 2.75) is 6.54 Å². The normalized spacial score (nSPS) is 10.6. The summed E-state index contributed by atoms with van der Waals surface area (Å²) in [4.78, 5) is 28.7. The van der Waals surface area contributed by atoms with E-state index in [1.807, 2.05) is 36.4 Å². The van der Waals surface area contributed by atoms with E-state index < -0.39 is 5.91 Å². The van der Waals surface area contributed by atoms with Crippen LogP contribution in [0.1, 0.15) is 16.1 Å². The quantitative estimate of drug-likeness (QED) is 0.574. The number of ether oxygens (including phenoxy) is 1. The second-order valence-electron chi connectivity index (χ2n) is 6.07. The Morgan fingerprint density at radius 2 is 1.86 bits per heavy atom. The van der Waals surface area contributed by atoms with E-state index in [-0.39, 0.29) is 17.7 Å². The SMILES string of the molecule is O=C(NCc1cccc(Oc2ccccn2)c1)c1cc(=O)c2ccccc2o1. The van der Waals surface area contributed by atoms with Gasteiger partial charge in [0.05, 0.1) is 5.39 Å². The lowest BCUT2D eigenvalue weighted by atomic mass is 10.2. The van der Waals surface area contributed by atoms with Crippen molar-refractivity contribution >= 4 is 16.9 Å². The molecule has 6 nitrogen and oxygen atoms in total. The molecule has 28 heavy (non-hydrogen) atoms. The first-order valence-corrected chi connectivity index (χ1v) is 8.68. The van der Waals surface area contributed by atoms with E-state index in [0.29, 0.717) is 22.6 Å². The Bertz CT molecular complexity index is 1190. The van der Waals surface area contributed by atoms with Gasteiger partial charge < -0.3 is 14.5 Å². The number of carbonyl (C=O) groups excluding carboxylic acids is 1. The van der Waals surface area contributed by atoms with Gasteiger partial charge in [-0.25, -0.2) is 4.98 Å². The molecule has 1 N–H and O–H groups in total. The molecule has 0 atom stereocenters. The third-order valence-corrected chi connectivity index (χ3v) is 4.07.